The van der Waals surface area contributed by atoms with E-state index in [0.717, 1.165) is 12.8 Å². The number of carboxylic acids is 1. The van der Waals surface area contributed by atoms with Gasteiger partial charge in [0, 0.05) is 25.5 Å². The highest BCUT2D eigenvalue weighted by Gasteiger charge is 2.55. The molecule has 1 aliphatic carbocycles. The lowest BCUT2D eigenvalue weighted by atomic mass is 9.81. The number of hydrogen-bond acceptors (Lipinski definition) is 4. The average Bonchev–Trinajstić information content (AvgIpc) is 2.96. The van der Waals surface area contributed by atoms with Crippen LogP contribution in [0.15, 0.2) is 12.4 Å². The number of rotatable bonds is 3. The zero-order valence-corrected chi connectivity index (χ0v) is 10.8. The van der Waals surface area contributed by atoms with Crippen molar-refractivity contribution in [1.29, 1.82) is 0 Å². The molecular formula is C13H15F2N3O2. The molecule has 0 bridgehead atoms. The van der Waals surface area contributed by atoms with Crippen LogP contribution in [0.1, 0.15) is 31.4 Å². The Hall–Kier alpha value is -1.79. The highest BCUT2D eigenvalue weighted by molar-refractivity contribution is 5.78. The number of carbonyl (C=O) groups is 1. The number of halogens is 2. The lowest BCUT2D eigenvalue weighted by Crippen LogP contribution is -2.36. The predicted octanol–water partition coefficient (Wildman–Crippen LogP) is 2.11. The standard InChI is InChI=1S/C13H15F2N3O2/c14-10(15)9-11(17-5-4-16-9)18-6-8-2-1-3-13(8,7-18)12(19)20/h4-5,8,10H,1-3,6-7H2,(H,19,20)/t8-,13+/m0/s1. The van der Waals surface area contributed by atoms with E-state index in [4.69, 9.17) is 0 Å². The number of fused-ring (bicyclic) bond motifs is 1. The van der Waals surface area contributed by atoms with Gasteiger partial charge in [0.25, 0.3) is 6.43 Å². The van der Waals surface area contributed by atoms with Gasteiger partial charge in [-0.2, -0.15) is 0 Å². The van der Waals surface area contributed by atoms with Crippen molar-refractivity contribution in [2.24, 2.45) is 11.3 Å². The molecule has 5 nitrogen and oxygen atoms in total. The summed E-state index contributed by atoms with van der Waals surface area (Å²) in [5.41, 5.74) is -1.18. The van der Waals surface area contributed by atoms with Crippen molar-refractivity contribution in [3.8, 4) is 0 Å². The van der Waals surface area contributed by atoms with E-state index >= 15 is 0 Å². The molecule has 2 aliphatic rings. The van der Waals surface area contributed by atoms with E-state index in [1.807, 2.05) is 0 Å². The first-order valence-electron chi connectivity index (χ1n) is 6.62. The van der Waals surface area contributed by atoms with Crippen molar-refractivity contribution in [2.75, 3.05) is 18.0 Å². The van der Waals surface area contributed by atoms with E-state index in [-0.39, 0.29) is 24.0 Å². The van der Waals surface area contributed by atoms with Gasteiger partial charge in [0.1, 0.15) is 5.69 Å². The molecule has 0 aromatic carbocycles. The SMILES string of the molecule is O=C(O)[C@@]12CCC[C@H]1CN(c1nccnc1C(F)F)C2. The molecule has 1 aromatic heterocycles. The van der Waals surface area contributed by atoms with Gasteiger partial charge in [0.15, 0.2) is 5.82 Å². The third-order valence-electron chi connectivity index (χ3n) is 4.51. The first kappa shape index (κ1) is 13.2. The van der Waals surface area contributed by atoms with Crippen LogP contribution >= 0.6 is 0 Å². The lowest BCUT2D eigenvalue weighted by Gasteiger charge is -2.24. The first-order valence-corrected chi connectivity index (χ1v) is 6.62. The van der Waals surface area contributed by atoms with Crippen molar-refractivity contribution in [3.63, 3.8) is 0 Å². The van der Waals surface area contributed by atoms with Crippen molar-refractivity contribution < 1.29 is 18.7 Å². The number of anilines is 1. The number of carboxylic acid groups (broad SMARTS) is 1. The average molecular weight is 283 g/mol. The maximum absolute atomic E-state index is 13.0. The highest BCUT2D eigenvalue weighted by Crippen LogP contribution is 2.50. The smallest absolute Gasteiger partial charge is 0.311 e. The van der Waals surface area contributed by atoms with Gasteiger partial charge in [-0.3, -0.25) is 4.79 Å². The quantitative estimate of drug-likeness (QED) is 0.920. The van der Waals surface area contributed by atoms with Gasteiger partial charge in [0.2, 0.25) is 0 Å². The molecule has 0 unspecified atom stereocenters. The number of aromatic nitrogens is 2. The molecule has 0 spiro atoms. The summed E-state index contributed by atoms with van der Waals surface area (Å²) in [7, 11) is 0. The van der Waals surface area contributed by atoms with Crippen LogP contribution in [-0.4, -0.2) is 34.1 Å². The Balaban J connectivity index is 1.93. The van der Waals surface area contributed by atoms with Crippen molar-refractivity contribution in [2.45, 2.75) is 25.7 Å². The topological polar surface area (TPSA) is 66.3 Å². The number of hydrogen-bond donors (Lipinski definition) is 1. The highest BCUT2D eigenvalue weighted by atomic mass is 19.3. The second-order valence-corrected chi connectivity index (χ2v) is 5.50. The van der Waals surface area contributed by atoms with Crippen molar-refractivity contribution in [1.82, 2.24) is 9.97 Å². The molecular weight excluding hydrogens is 268 g/mol. The van der Waals surface area contributed by atoms with Gasteiger partial charge >= 0.3 is 5.97 Å². The van der Waals surface area contributed by atoms with Gasteiger partial charge < -0.3 is 10.0 Å². The van der Waals surface area contributed by atoms with Crippen molar-refractivity contribution >= 4 is 11.8 Å². The summed E-state index contributed by atoms with van der Waals surface area (Å²) in [4.78, 5) is 20.9. The van der Waals surface area contributed by atoms with E-state index in [2.05, 4.69) is 9.97 Å². The first-order chi connectivity index (χ1) is 9.54. The molecule has 0 amide bonds. The summed E-state index contributed by atoms with van der Waals surface area (Å²) in [5, 5.41) is 9.51. The number of alkyl halides is 2. The Morgan fingerprint density at radius 2 is 2.20 bits per heavy atom. The van der Waals surface area contributed by atoms with Crippen LogP contribution in [0.25, 0.3) is 0 Å². The molecule has 0 radical (unpaired) electrons. The molecule has 1 saturated heterocycles. The zero-order valence-electron chi connectivity index (χ0n) is 10.8. The molecule has 1 N–H and O–H groups in total. The number of nitrogens with zero attached hydrogens (tertiary/aromatic N) is 3. The van der Waals surface area contributed by atoms with Gasteiger partial charge in [0.05, 0.1) is 5.41 Å². The Kier molecular flexibility index (Phi) is 3.07. The van der Waals surface area contributed by atoms with Crippen LogP contribution in [0, 0.1) is 11.3 Å². The molecule has 7 heteroatoms. The zero-order chi connectivity index (χ0) is 14.3. The fourth-order valence-corrected chi connectivity index (χ4v) is 3.54. The van der Waals surface area contributed by atoms with E-state index in [0.29, 0.717) is 13.0 Å². The molecule has 3 rings (SSSR count). The Morgan fingerprint density at radius 3 is 2.85 bits per heavy atom. The maximum atomic E-state index is 13.0. The minimum atomic E-state index is -2.71. The minimum absolute atomic E-state index is 0.00697. The summed E-state index contributed by atoms with van der Waals surface area (Å²) < 4.78 is 26.0. The van der Waals surface area contributed by atoms with Crippen LogP contribution in [-0.2, 0) is 4.79 Å². The summed E-state index contributed by atoms with van der Waals surface area (Å²) in [6, 6.07) is 0. The molecule has 20 heavy (non-hydrogen) atoms. The largest absolute Gasteiger partial charge is 0.481 e. The third kappa shape index (κ3) is 1.83. The van der Waals surface area contributed by atoms with Crippen LogP contribution < -0.4 is 4.90 Å². The summed E-state index contributed by atoms with van der Waals surface area (Å²) in [6.07, 6.45) is 2.20. The van der Waals surface area contributed by atoms with Crippen molar-refractivity contribution in [3.05, 3.63) is 18.1 Å². The molecule has 2 heterocycles. The molecule has 1 saturated carbocycles. The normalized spacial score (nSPS) is 28.9. The van der Waals surface area contributed by atoms with E-state index < -0.39 is 17.8 Å². The summed E-state index contributed by atoms with van der Waals surface area (Å²) in [6.45, 7) is 0.704. The second-order valence-electron chi connectivity index (χ2n) is 5.50. The van der Waals surface area contributed by atoms with E-state index in [1.165, 1.54) is 12.4 Å². The molecule has 2 fully saturated rings. The fraction of sp³-hybridized carbons (Fsp3) is 0.615. The van der Waals surface area contributed by atoms with Gasteiger partial charge in [-0.1, -0.05) is 6.42 Å². The molecule has 1 aliphatic heterocycles. The lowest BCUT2D eigenvalue weighted by molar-refractivity contribution is -0.149. The van der Waals surface area contributed by atoms with E-state index in [9.17, 15) is 18.7 Å². The minimum Gasteiger partial charge on any atom is -0.481 e. The Labute approximate surface area is 114 Å². The monoisotopic (exact) mass is 283 g/mol. The Bertz CT molecular complexity index is 540. The second kappa shape index (κ2) is 4.64. The fourth-order valence-electron chi connectivity index (χ4n) is 3.54. The van der Waals surface area contributed by atoms with Crippen LogP contribution in [0.4, 0.5) is 14.6 Å². The molecule has 1 aromatic rings. The Morgan fingerprint density at radius 1 is 1.45 bits per heavy atom. The summed E-state index contributed by atoms with van der Waals surface area (Å²) in [5.74, 6) is -0.699. The van der Waals surface area contributed by atoms with Crippen LogP contribution in [0.5, 0.6) is 0 Å². The van der Waals surface area contributed by atoms with Gasteiger partial charge in [-0.15, -0.1) is 0 Å². The van der Waals surface area contributed by atoms with E-state index in [1.54, 1.807) is 4.90 Å². The van der Waals surface area contributed by atoms with Gasteiger partial charge in [-0.25, -0.2) is 18.7 Å². The molecule has 2 atom stereocenters. The third-order valence-corrected chi connectivity index (χ3v) is 4.51. The van der Waals surface area contributed by atoms with Gasteiger partial charge in [-0.05, 0) is 18.8 Å². The maximum Gasteiger partial charge on any atom is 0.311 e. The number of aliphatic carboxylic acids is 1. The summed E-state index contributed by atoms with van der Waals surface area (Å²) >= 11 is 0. The predicted molar refractivity (Wildman–Crippen MR) is 66.6 cm³/mol. The molecule has 108 valence electrons. The van der Waals surface area contributed by atoms with Crippen LogP contribution in [0.3, 0.4) is 0 Å². The van der Waals surface area contributed by atoms with Crippen LogP contribution in [0.2, 0.25) is 0 Å².